The van der Waals surface area contributed by atoms with Crippen LogP contribution in [-0.2, 0) is 11.2 Å². The second-order valence-corrected chi connectivity index (χ2v) is 5.03. The minimum atomic E-state index is 0.573. The highest BCUT2D eigenvalue weighted by Gasteiger charge is 2.20. The highest BCUT2D eigenvalue weighted by atomic mass is 16.6. The average molecular weight is 269 g/mol. The van der Waals surface area contributed by atoms with Crippen LogP contribution in [0.15, 0.2) is 60.7 Å². The molecule has 2 aromatic rings. The first-order valence-corrected chi connectivity index (χ1v) is 7.28. The van der Waals surface area contributed by atoms with E-state index in [1.165, 1.54) is 11.1 Å². The summed E-state index contributed by atoms with van der Waals surface area (Å²) in [4.78, 5) is 0. The fourth-order valence-corrected chi connectivity index (χ4v) is 2.01. The van der Waals surface area contributed by atoms with Crippen molar-refractivity contribution < 1.29 is 4.74 Å². The molecule has 0 radical (unpaired) electrons. The van der Waals surface area contributed by atoms with Gasteiger partial charge in [0, 0.05) is 0 Å². The average Bonchev–Trinajstić information content (AvgIpc) is 3.32. The first-order valence-electron chi connectivity index (χ1n) is 7.28. The standard InChI is InChI=1S/C13H12.C5H11NO/c1-3-7-12(8-4-1)11-13-9-5-2-6-10-13;6-3-1-2-5-4-7-5/h1-10H,11H2;5H,1-4,6H2. The van der Waals surface area contributed by atoms with E-state index in [9.17, 15) is 0 Å². The summed E-state index contributed by atoms with van der Waals surface area (Å²) in [6, 6.07) is 21.1. The number of hydrogen-bond donors (Lipinski definition) is 1. The van der Waals surface area contributed by atoms with E-state index in [4.69, 9.17) is 10.5 Å². The summed E-state index contributed by atoms with van der Waals surface area (Å²) in [5.74, 6) is 0. The number of benzene rings is 2. The Morgan fingerprint density at radius 3 is 1.80 bits per heavy atom. The van der Waals surface area contributed by atoms with E-state index in [0.29, 0.717) is 6.10 Å². The van der Waals surface area contributed by atoms with Crippen molar-refractivity contribution in [1.82, 2.24) is 0 Å². The molecule has 1 unspecified atom stereocenters. The third-order valence-electron chi connectivity index (χ3n) is 3.23. The van der Waals surface area contributed by atoms with Crippen LogP contribution in [0.5, 0.6) is 0 Å². The van der Waals surface area contributed by atoms with Gasteiger partial charge in [-0.05, 0) is 36.9 Å². The molecule has 2 nitrogen and oxygen atoms in total. The van der Waals surface area contributed by atoms with Gasteiger partial charge >= 0.3 is 0 Å². The van der Waals surface area contributed by atoms with Crippen molar-refractivity contribution in [3.05, 3.63) is 71.8 Å². The number of epoxide rings is 1. The van der Waals surface area contributed by atoms with Gasteiger partial charge in [0.2, 0.25) is 0 Å². The molecular weight excluding hydrogens is 246 g/mol. The van der Waals surface area contributed by atoms with Crippen LogP contribution < -0.4 is 5.73 Å². The molecule has 20 heavy (non-hydrogen) atoms. The molecule has 1 fully saturated rings. The Morgan fingerprint density at radius 2 is 1.40 bits per heavy atom. The summed E-state index contributed by atoms with van der Waals surface area (Å²) in [5, 5.41) is 0. The first-order chi connectivity index (χ1) is 9.88. The SMILES string of the molecule is NCCCC1CO1.c1ccc(Cc2ccccc2)cc1. The quantitative estimate of drug-likeness (QED) is 0.845. The largest absolute Gasteiger partial charge is 0.373 e. The number of nitrogens with two attached hydrogens (primary N) is 1. The highest BCUT2D eigenvalue weighted by molar-refractivity contribution is 5.25. The van der Waals surface area contributed by atoms with Crippen molar-refractivity contribution >= 4 is 0 Å². The van der Waals surface area contributed by atoms with E-state index < -0.39 is 0 Å². The number of rotatable bonds is 5. The van der Waals surface area contributed by atoms with E-state index in [1.54, 1.807) is 0 Å². The molecule has 2 heteroatoms. The maximum absolute atomic E-state index is 5.25. The molecule has 1 aliphatic heterocycles. The van der Waals surface area contributed by atoms with E-state index in [0.717, 1.165) is 32.4 Å². The van der Waals surface area contributed by atoms with Crippen LogP contribution >= 0.6 is 0 Å². The van der Waals surface area contributed by atoms with Crippen molar-refractivity contribution in [2.24, 2.45) is 5.73 Å². The van der Waals surface area contributed by atoms with Gasteiger partial charge in [-0.15, -0.1) is 0 Å². The Morgan fingerprint density at radius 1 is 0.900 bits per heavy atom. The summed E-state index contributed by atoms with van der Waals surface area (Å²) < 4.78 is 4.96. The zero-order valence-electron chi connectivity index (χ0n) is 11.9. The Labute approximate surface area is 121 Å². The molecule has 2 aromatic carbocycles. The smallest absolute Gasteiger partial charge is 0.0810 e. The molecule has 0 spiro atoms. The van der Waals surface area contributed by atoms with Gasteiger partial charge in [-0.2, -0.15) is 0 Å². The van der Waals surface area contributed by atoms with Gasteiger partial charge in [0.25, 0.3) is 0 Å². The van der Waals surface area contributed by atoms with E-state index >= 15 is 0 Å². The molecule has 0 saturated carbocycles. The van der Waals surface area contributed by atoms with Crippen LogP contribution in [0, 0.1) is 0 Å². The van der Waals surface area contributed by atoms with Gasteiger partial charge in [-0.1, -0.05) is 60.7 Å². The van der Waals surface area contributed by atoms with Gasteiger partial charge < -0.3 is 10.5 Å². The van der Waals surface area contributed by atoms with Crippen LogP contribution in [0.4, 0.5) is 0 Å². The number of hydrogen-bond acceptors (Lipinski definition) is 2. The zero-order chi connectivity index (χ0) is 14.0. The molecule has 1 atom stereocenters. The highest BCUT2D eigenvalue weighted by Crippen LogP contribution is 2.14. The van der Waals surface area contributed by atoms with Crippen molar-refractivity contribution in [3.8, 4) is 0 Å². The lowest BCUT2D eigenvalue weighted by molar-refractivity contribution is 0.393. The van der Waals surface area contributed by atoms with Gasteiger partial charge in [-0.25, -0.2) is 0 Å². The minimum Gasteiger partial charge on any atom is -0.373 e. The van der Waals surface area contributed by atoms with E-state index in [2.05, 4.69) is 60.7 Å². The zero-order valence-corrected chi connectivity index (χ0v) is 11.9. The van der Waals surface area contributed by atoms with Crippen LogP contribution in [0.2, 0.25) is 0 Å². The Balaban J connectivity index is 0.000000178. The Kier molecular flexibility index (Phi) is 6.28. The normalized spacial score (nSPS) is 16.1. The van der Waals surface area contributed by atoms with Crippen molar-refractivity contribution in [1.29, 1.82) is 0 Å². The third kappa shape index (κ3) is 6.00. The summed E-state index contributed by atoms with van der Waals surface area (Å²) >= 11 is 0. The molecule has 0 amide bonds. The molecule has 3 rings (SSSR count). The summed E-state index contributed by atoms with van der Waals surface area (Å²) in [6.45, 7) is 1.78. The predicted octanol–water partition coefficient (Wildman–Crippen LogP) is 3.40. The van der Waals surface area contributed by atoms with Gasteiger partial charge in [0.15, 0.2) is 0 Å². The molecule has 1 saturated heterocycles. The van der Waals surface area contributed by atoms with Crippen molar-refractivity contribution in [2.45, 2.75) is 25.4 Å². The topological polar surface area (TPSA) is 38.5 Å². The molecule has 0 aromatic heterocycles. The number of ether oxygens (including phenoxy) is 1. The first kappa shape index (κ1) is 14.8. The molecule has 106 valence electrons. The van der Waals surface area contributed by atoms with Crippen LogP contribution in [0.25, 0.3) is 0 Å². The predicted molar refractivity (Wildman–Crippen MR) is 83.7 cm³/mol. The van der Waals surface area contributed by atoms with Gasteiger partial charge in [0.1, 0.15) is 0 Å². The maximum atomic E-state index is 5.25. The molecule has 2 N–H and O–H groups in total. The second kappa shape index (κ2) is 8.51. The van der Waals surface area contributed by atoms with Crippen LogP contribution in [0.1, 0.15) is 24.0 Å². The van der Waals surface area contributed by atoms with E-state index in [1.807, 2.05) is 0 Å². The fourth-order valence-electron chi connectivity index (χ4n) is 2.01. The molecule has 1 heterocycles. The summed E-state index contributed by atoms with van der Waals surface area (Å²) in [7, 11) is 0. The lowest BCUT2D eigenvalue weighted by Gasteiger charge is -2.00. The van der Waals surface area contributed by atoms with Gasteiger partial charge in [0.05, 0.1) is 12.7 Å². The lowest BCUT2D eigenvalue weighted by atomic mass is 10.1. The van der Waals surface area contributed by atoms with Crippen molar-refractivity contribution in [3.63, 3.8) is 0 Å². The Bertz CT molecular complexity index is 428. The molecule has 1 aliphatic rings. The van der Waals surface area contributed by atoms with Crippen LogP contribution in [0.3, 0.4) is 0 Å². The molecule has 0 bridgehead atoms. The fraction of sp³-hybridized carbons (Fsp3) is 0.333. The van der Waals surface area contributed by atoms with Gasteiger partial charge in [-0.3, -0.25) is 0 Å². The second-order valence-electron chi connectivity index (χ2n) is 5.03. The van der Waals surface area contributed by atoms with Crippen molar-refractivity contribution in [2.75, 3.05) is 13.2 Å². The molecule has 0 aliphatic carbocycles. The molecular formula is C18H23NO. The third-order valence-corrected chi connectivity index (χ3v) is 3.23. The minimum absolute atomic E-state index is 0.573. The summed E-state index contributed by atoms with van der Waals surface area (Å²) in [5.41, 5.74) is 7.99. The maximum Gasteiger partial charge on any atom is 0.0810 e. The van der Waals surface area contributed by atoms with E-state index in [-0.39, 0.29) is 0 Å². The summed E-state index contributed by atoms with van der Waals surface area (Å²) in [6.07, 6.45) is 3.88. The van der Waals surface area contributed by atoms with Crippen LogP contribution in [-0.4, -0.2) is 19.3 Å². The Hall–Kier alpha value is -1.64. The lowest BCUT2D eigenvalue weighted by Crippen LogP contribution is -1.99. The monoisotopic (exact) mass is 269 g/mol.